The van der Waals surface area contributed by atoms with Gasteiger partial charge in [-0.3, -0.25) is 0 Å². The maximum Gasteiger partial charge on any atom is 0.433 e. The highest BCUT2D eigenvalue weighted by Crippen LogP contribution is 2.32. The van der Waals surface area contributed by atoms with Crippen LogP contribution in [0.3, 0.4) is 0 Å². The molecule has 0 bridgehead atoms. The Morgan fingerprint density at radius 3 is 2.20 bits per heavy atom. The summed E-state index contributed by atoms with van der Waals surface area (Å²) in [5, 5.41) is 0. The van der Waals surface area contributed by atoms with E-state index in [1.54, 1.807) is 0 Å². The van der Waals surface area contributed by atoms with E-state index in [9.17, 15) is 26.3 Å². The second kappa shape index (κ2) is 3.71. The smallest absolute Gasteiger partial charge is 0.242 e. The van der Waals surface area contributed by atoms with Crippen LogP contribution in [-0.2, 0) is 6.18 Å². The van der Waals surface area contributed by atoms with Gasteiger partial charge in [-0.25, -0.2) is 18.2 Å². The number of aromatic nitrogens is 1. The van der Waals surface area contributed by atoms with E-state index in [0.717, 1.165) is 6.92 Å². The van der Waals surface area contributed by atoms with E-state index in [1.165, 1.54) is 0 Å². The van der Waals surface area contributed by atoms with Gasteiger partial charge in [-0.15, -0.1) is 0 Å². The lowest BCUT2D eigenvalue weighted by atomic mass is 10.2. The molecule has 1 heterocycles. The van der Waals surface area contributed by atoms with E-state index in [-0.39, 0.29) is 0 Å². The van der Waals surface area contributed by atoms with Gasteiger partial charge in [0.15, 0.2) is 5.69 Å². The van der Waals surface area contributed by atoms with E-state index in [2.05, 4.69) is 4.98 Å². The highest BCUT2D eigenvalue weighted by molar-refractivity contribution is 5.26. The van der Waals surface area contributed by atoms with Gasteiger partial charge in [-0.05, 0) is 6.92 Å². The highest BCUT2D eigenvalue weighted by atomic mass is 19.4. The first-order valence-corrected chi connectivity index (χ1v) is 3.76. The van der Waals surface area contributed by atoms with E-state index >= 15 is 0 Å². The Kier molecular flexibility index (Phi) is 2.92. The Balaban J connectivity index is 3.38. The molecule has 0 fully saturated rings. The van der Waals surface area contributed by atoms with Crippen LogP contribution in [0.15, 0.2) is 6.07 Å². The van der Waals surface area contributed by atoms with Gasteiger partial charge in [-0.1, -0.05) is 0 Å². The molecule has 84 valence electrons. The second-order valence-corrected chi connectivity index (χ2v) is 2.80. The lowest BCUT2D eigenvalue weighted by Gasteiger charge is -2.11. The summed E-state index contributed by atoms with van der Waals surface area (Å²) in [4.78, 5) is 2.69. The molecular weight excluding hydrogens is 224 g/mol. The largest absolute Gasteiger partial charge is 0.433 e. The summed E-state index contributed by atoms with van der Waals surface area (Å²) in [6.45, 7) is 0.834. The van der Waals surface area contributed by atoms with Crippen LogP contribution in [-0.4, -0.2) is 4.98 Å². The summed E-state index contributed by atoms with van der Waals surface area (Å²) in [5.74, 6) is -1.34. The summed E-state index contributed by atoms with van der Waals surface area (Å²) in [6.07, 6.45) is -8.17. The minimum absolute atomic E-state index is 0.301. The molecule has 0 aliphatic rings. The molecule has 7 heteroatoms. The lowest BCUT2D eigenvalue weighted by molar-refractivity contribution is -0.142. The third-order valence-electron chi connectivity index (χ3n) is 1.72. The Bertz CT molecular complexity index is 370. The average Bonchev–Trinajstić information content (AvgIpc) is 2.06. The van der Waals surface area contributed by atoms with Crippen molar-refractivity contribution < 1.29 is 26.3 Å². The topological polar surface area (TPSA) is 12.9 Å². The minimum Gasteiger partial charge on any atom is -0.242 e. The quantitative estimate of drug-likeness (QED) is 0.671. The zero-order valence-corrected chi connectivity index (χ0v) is 7.37. The van der Waals surface area contributed by atoms with Crippen LogP contribution in [0, 0.1) is 12.7 Å². The molecule has 0 saturated carbocycles. The minimum atomic E-state index is -4.93. The Morgan fingerprint density at radius 2 is 1.80 bits per heavy atom. The first kappa shape index (κ1) is 11.8. The Hall–Kier alpha value is -1.27. The molecule has 0 aromatic carbocycles. The van der Waals surface area contributed by atoms with Crippen molar-refractivity contribution in [3.05, 3.63) is 28.8 Å². The SMILES string of the molecule is Cc1c(F)cc(C(F)F)nc1C(F)(F)F. The fourth-order valence-electron chi connectivity index (χ4n) is 0.984. The van der Waals surface area contributed by atoms with E-state index < -0.39 is 35.4 Å². The normalized spacial score (nSPS) is 12.3. The fraction of sp³-hybridized carbons (Fsp3) is 0.375. The van der Waals surface area contributed by atoms with Crippen molar-refractivity contribution in [1.29, 1.82) is 0 Å². The van der Waals surface area contributed by atoms with Crippen LogP contribution in [0.1, 0.15) is 23.4 Å². The van der Waals surface area contributed by atoms with Gasteiger partial charge < -0.3 is 0 Å². The number of nitrogens with zero attached hydrogens (tertiary/aromatic N) is 1. The van der Waals surface area contributed by atoms with Crippen molar-refractivity contribution in [2.24, 2.45) is 0 Å². The Morgan fingerprint density at radius 1 is 1.27 bits per heavy atom. The fourth-order valence-corrected chi connectivity index (χ4v) is 0.984. The van der Waals surface area contributed by atoms with E-state index in [4.69, 9.17) is 0 Å². The summed E-state index contributed by atoms with van der Waals surface area (Å²) < 4.78 is 73.6. The van der Waals surface area contributed by atoms with Crippen molar-refractivity contribution in [2.75, 3.05) is 0 Å². The van der Waals surface area contributed by atoms with Crippen LogP contribution >= 0.6 is 0 Å². The molecule has 0 unspecified atom stereocenters. The summed E-state index contributed by atoms with van der Waals surface area (Å²) in [5.41, 5.74) is -3.62. The predicted molar refractivity (Wildman–Crippen MR) is 38.9 cm³/mol. The molecule has 1 aromatic heterocycles. The maximum absolute atomic E-state index is 12.9. The number of hydrogen-bond donors (Lipinski definition) is 0. The molecule has 0 radical (unpaired) electrons. The van der Waals surface area contributed by atoms with Crippen LogP contribution in [0.2, 0.25) is 0 Å². The standard InChI is InChI=1S/C8H5F6N/c1-3-4(9)2-5(7(10)11)15-6(3)8(12,13)14/h2,7H,1H3. The van der Waals surface area contributed by atoms with Gasteiger partial charge in [0.25, 0.3) is 6.43 Å². The maximum atomic E-state index is 12.9. The Labute approximate surface area is 80.7 Å². The van der Waals surface area contributed by atoms with Gasteiger partial charge in [0.1, 0.15) is 11.5 Å². The first-order chi connectivity index (χ1) is 6.73. The highest BCUT2D eigenvalue weighted by Gasteiger charge is 2.36. The summed E-state index contributed by atoms with van der Waals surface area (Å²) in [6, 6.07) is 0.301. The van der Waals surface area contributed by atoms with Gasteiger partial charge in [-0.2, -0.15) is 13.2 Å². The zero-order chi connectivity index (χ0) is 11.8. The third kappa shape index (κ3) is 2.40. The van der Waals surface area contributed by atoms with Crippen LogP contribution in [0.4, 0.5) is 26.3 Å². The van der Waals surface area contributed by atoms with Crippen molar-refractivity contribution in [3.8, 4) is 0 Å². The van der Waals surface area contributed by atoms with Crippen molar-refractivity contribution in [2.45, 2.75) is 19.5 Å². The van der Waals surface area contributed by atoms with Gasteiger partial charge >= 0.3 is 6.18 Å². The van der Waals surface area contributed by atoms with Gasteiger partial charge in [0, 0.05) is 11.6 Å². The van der Waals surface area contributed by atoms with Crippen molar-refractivity contribution in [1.82, 2.24) is 4.98 Å². The molecular formula is C8H5F6N. The lowest BCUT2D eigenvalue weighted by Crippen LogP contribution is -2.13. The molecule has 15 heavy (non-hydrogen) atoms. The number of rotatable bonds is 1. The van der Waals surface area contributed by atoms with Gasteiger partial charge in [0.05, 0.1) is 0 Å². The average molecular weight is 229 g/mol. The predicted octanol–water partition coefficient (Wildman–Crippen LogP) is 3.49. The zero-order valence-electron chi connectivity index (χ0n) is 7.37. The molecule has 0 N–H and O–H groups in total. The molecule has 1 rings (SSSR count). The molecule has 0 spiro atoms. The van der Waals surface area contributed by atoms with Gasteiger partial charge in [0.2, 0.25) is 0 Å². The number of hydrogen-bond acceptors (Lipinski definition) is 1. The first-order valence-electron chi connectivity index (χ1n) is 3.76. The van der Waals surface area contributed by atoms with Crippen molar-refractivity contribution >= 4 is 0 Å². The third-order valence-corrected chi connectivity index (χ3v) is 1.72. The molecule has 0 aliphatic heterocycles. The summed E-state index contributed by atoms with van der Waals surface area (Å²) in [7, 11) is 0. The van der Waals surface area contributed by atoms with E-state index in [0.29, 0.717) is 6.07 Å². The monoisotopic (exact) mass is 229 g/mol. The summed E-state index contributed by atoms with van der Waals surface area (Å²) >= 11 is 0. The number of alkyl halides is 5. The van der Waals surface area contributed by atoms with Crippen LogP contribution < -0.4 is 0 Å². The van der Waals surface area contributed by atoms with E-state index in [1.807, 2.05) is 0 Å². The number of pyridine rings is 1. The molecule has 0 saturated heterocycles. The molecule has 1 aromatic rings. The molecule has 1 nitrogen and oxygen atoms in total. The second-order valence-electron chi connectivity index (χ2n) is 2.80. The van der Waals surface area contributed by atoms with Crippen molar-refractivity contribution in [3.63, 3.8) is 0 Å². The molecule has 0 aliphatic carbocycles. The molecule has 0 amide bonds. The number of halogens is 6. The molecule has 0 atom stereocenters. The van der Waals surface area contributed by atoms with Crippen LogP contribution in [0.5, 0.6) is 0 Å². The van der Waals surface area contributed by atoms with Crippen LogP contribution in [0.25, 0.3) is 0 Å².